The van der Waals surface area contributed by atoms with Crippen molar-refractivity contribution in [2.45, 2.75) is 12.7 Å². The summed E-state index contributed by atoms with van der Waals surface area (Å²) >= 11 is 0. The number of hydrogen-bond donors (Lipinski definition) is 1. The fourth-order valence-corrected chi connectivity index (χ4v) is 2.78. The van der Waals surface area contributed by atoms with Gasteiger partial charge >= 0.3 is 10.1 Å². The Hall–Kier alpha value is -2.01. The molecule has 1 N–H and O–H groups in total. The topological polar surface area (TPSA) is 63.6 Å². The van der Waals surface area contributed by atoms with Crippen molar-refractivity contribution in [3.05, 3.63) is 59.7 Å². The molecule has 0 bridgehead atoms. The third-order valence-electron chi connectivity index (χ3n) is 2.45. The molecule has 2 rings (SSSR count). The highest BCUT2D eigenvalue weighted by Crippen LogP contribution is 2.23. The summed E-state index contributed by atoms with van der Waals surface area (Å²) in [7, 11) is -3.73. The van der Waals surface area contributed by atoms with E-state index in [0.29, 0.717) is 5.56 Å². The van der Waals surface area contributed by atoms with Gasteiger partial charge in [0.05, 0.1) is 0 Å². The highest BCUT2D eigenvalue weighted by molar-refractivity contribution is 7.86. The van der Waals surface area contributed by atoms with Crippen molar-refractivity contribution in [2.24, 2.45) is 0 Å². The minimum atomic E-state index is -3.73. The Morgan fingerprint density at radius 1 is 1.11 bits per heavy atom. The summed E-state index contributed by atoms with van der Waals surface area (Å²) < 4.78 is 28.8. The van der Waals surface area contributed by atoms with Gasteiger partial charge in [0.25, 0.3) is 0 Å². The van der Waals surface area contributed by atoms with E-state index in [-0.39, 0.29) is 17.3 Å². The fraction of sp³-hybridized carbons (Fsp3) is 0.143. The minimum Gasteiger partial charge on any atom is -0.508 e. The Morgan fingerprint density at radius 3 is 2.42 bits per heavy atom. The van der Waals surface area contributed by atoms with Gasteiger partial charge in [-0.3, -0.25) is 0 Å². The van der Waals surface area contributed by atoms with E-state index in [1.165, 1.54) is 12.1 Å². The van der Waals surface area contributed by atoms with Crippen LogP contribution in [0.1, 0.15) is 11.1 Å². The monoisotopic (exact) mass is 278 g/mol. The molecule has 0 unspecified atom stereocenters. The van der Waals surface area contributed by atoms with Crippen LogP contribution in [0, 0.1) is 6.92 Å². The number of phenolic OH excluding ortho intramolecular Hbond substituents is 1. The Bertz CT molecular complexity index is 643. The number of hydrogen-bond acceptors (Lipinski definition) is 4. The van der Waals surface area contributed by atoms with Crippen LogP contribution in [0.25, 0.3) is 0 Å². The molecular weight excluding hydrogens is 264 g/mol. The second-order valence-electron chi connectivity index (χ2n) is 4.28. The normalized spacial score (nSPS) is 11.2. The highest BCUT2D eigenvalue weighted by atomic mass is 32.2. The van der Waals surface area contributed by atoms with Crippen molar-refractivity contribution in [1.82, 2.24) is 0 Å². The molecule has 0 spiro atoms. The summed E-state index contributed by atoms with van der Waals surface area (Å²) in [6.45, 7) is 1.75. The molecule has 0 aromatic heterocycles. The largest absolute Gasteiger partial charge is 0.508 e. The van der Waals surface area contributed by atoms with E-state index in [2.05, 4.69) is 0 Å². The molecule has 0 saturated carbocycles. The number of benzene rings is 2. The standard InChI is InChI=1S/C14H14O4S/c1-11-7-13(15)9-14(8-11)18-19(16,17)10-12-5-3-2-4-6-12/h2-9,15H,10H2,1H3. The zero-order valence-electron chi connectivity index (χ0n) is 10.4. The van der Waals surface area contributed by atoms with Crippen LogP contribution in [-0.4, -0.2) is 13.5 Å². The number of phenols is 1. The van der Waals surface area contributed by atoms with Gasteiger partial charge in [0.2, 0.25) is 0 Å². The maximum absolute atomic E-state index is 11.9. The third-order valence-corrected chi connectivity index (χ3v) is 3.58. The molecule has 0 fully saturated rings. The predicted molar refractivity (Wildman–Crippen MR) is 72.5 cm³/mol. The van der Waals surface area contributed by atoms with Gasteiger partial charge < -0.3 is 9.29 Å². The first kappa shape index (κ1) is 13.4. The maximum atomic E-state index is 11.9. The average Bonchev–Trinajstić information content (AvgIpc) is 2.27. The van der Waals surface area contributed by atoms with Gasteiger partial charge in [0, 0.05) is 6.07 Å². The lowest BCUT2D eigenvalue weighted by Gasteiger charge is -2.08. The molecule has 0 heterocycles. The molecule has 5 heteroatoms. The summed E-state index contributed by atoms with van der Waals surface area (Å²) in [6.07, 6.45) is 0. The first-order valence-electron chi connectivity index (χ1n) is 5.71. The summed E-state index contributed by atoms with van der Waals surface area (Å²) in [6, 6.07) is 13.1. The van der Waals surface area contributed by atoms with Gasteiger partial charge in [0.1, 0.15) is 17.3 Å². The second kappa shape index (κ2) is 5.32. The van der Waals surface area contributed by atoms with Gasteiger partial charge in [-0.2, -0.15) is 8.42 Å². The van der Waals surface area contributed by atoms with E-state index in [4.69, 9.17) is 4.18 Å². The number of rotatable bonds is 4. The van der Waals surface area contributed by atoms with E-state index in [1.807, 2.05) is 6.07 Å². The molecule has 0 radical (unpaired) electrons. The van der Waals surface area contributed by atoms with Crippen LogP contribution in [-0.2, 0) is 15.9 Å². The summed E-state index contributed by atoms with van der Waals surface area (Å²) in [4.78, 5) is 0. The molecule has 2 aromatic rings. The van der Waals surface area contributed by atoms with Crippen molar-refractivity contribution >= 4 is 10.1 Å². The van der Waals surface area contributed by atoms with Gasteiger partial charge in [-0.15, -0.1) is 0 Å². The van der Waals surface area contributed by atoms with E-state index < -0.39 is 10.1 Å². The average molecular weight is 278 g/mol. The molecule has 19 heavy (non-hydrogen) atoms. The lowest BCUT2D eigenvalue weighted by Crippen LogP contribution is -2.12. The first-order chi connectivity index (χ1) is 8.94. The molecule has 0 aliphatic carbocycles. The number of aryl methyl sites for hydroxylation is 1. The van der Waals surface area contributed by atoms with E-state index in [9.17, 15) is 13.5 Å². The van der Waals surface area contributed by atoms with Gasteiger partial charge in [-0.05, 0) is 30.2 Å². The maximum Gasteiger partial charge on any atom is 0.313 e. The smallest absolute Gasteiger partial charge is 0.313 e. The molecule has 0 saturated heterocycles. The van der Waals surface area contributed by atoms with Gasteiger partial charge in [0.15, 0.2) is 0 Å². The lowest BCUT2D eigenvalue weighted by atomic mass is 10.2. The molecule has 0 atom stereocenters. The summed E-state index contributed by atoms with van der Waals surface area (Å²) in [5.74, 6) is -0.110. The zero-order chi connectivity index (χ0) is 13.9. The second-order valence-corrected chi connectivity index (χ2v) is 5.85. The van der Waals surface area contributed by atoms with E-state index in [0.717, 1.165) is 5.56 Å². The first-order valence-corrected chi connectivity index (χ1v) is 7.29. The molecular formula is C14H14O4S. The van der Waals surface area contributed by atoms with Crippen LogP contribution in [0.15, 0.2) is 48.5 Å². The van der Waals surface area contributed by atoms with Gasteiger partial charge in [-0.25, -0.2) is 0 Å². The molecule has 4 nitrogen and oxygen atoms in total. The Morgan fingerprint density at radius 2 is 1.79 bits per heavy atom. The highest BCUT2D eigenvalue weighted by Gasteiger charge is 2.14. The van der Waals surface area contributed by atoms with Crippen molar-refractivity contribution in [1.29, 1.82) is 0 Å². The van der Waals surface area contributed by atoms with E-state index >= 15 is 0 Å². The lowest BCUT2D eigenvalue weighted by molar-refractivity contribution is 0.462. The van der Waals surface area contributed by atoms with Crippen LogP contribution >= 0.6 is 0 Å². The Kier molecular flexibility index (Phi) is 3.76. The Balaban J connectivity index is 2.17. The molecule has 0 aliphatic heterocycles. The zero-order valence-corrected chi connectivity index (χ0v) is 11.2. The van der Waals surface area contributed by atoms with Crippen LogP contribution in [0.2, 0.25) is 0 Å². The van der Waals surface area contributed by atoms with Crippen molar-refractivity contribution in [3.8, 4) is 11.5 Å². The van der Waals surface area contributed by atoms with Crippen molar-refractivity contribution in [3.63, 3.8) is 0 Å². The molecule has 2 aromatic carbocycles. The molecule has 0 aliphatic rings. The number of aromatic hydroxyl groups is 1. The molecule has 0 amide bonds. The van der Waals surface area contributed by atoms with Crippen LogP contribution in [0.4, 0.5) is 0 Å². The van der Waals surface area contributed by atoms with Crippen LogP contribution in [0.5, 0.6) is 11.5 Å². The Labute approximate surface area is 112 Å². The van der Waals surface area contributed by atoms with Crippen LogP contribution in [0.3, 0.4) is 0 Å². The SMILES string of the molecule is Cc1cc(O)cc(OS(=O)(=O)Cc2ccccc2)c1. The summed E-state index contributed by atoms with van der Waals surface area (Å²) in [5.41, 5.74) is 1.38. The van der Waals surface area contributed by atoms with Gasteiger partial charge in [-0.1, -0.05) is 30.3 Å². The van der Waals surface area contributed by atoms with E-state index in [1.54, 1.807) is 37.3 Å². The summed E-state index contributed by atoms with van der Waals surface area (Å²) in [5, 5.41) is 9.41. The van der Waals surface area contributed by atoms with Crippen molar-refractivity contribution < 1.29 is 17.7 Å². The molecule has 100 valence electrons. The fourth-order valence-electron chi connectivity index (χ4n) is 1.73. The van der Waals surface area contributed by atoms with Crippen LogP contribution < -0.4 is 4.18 Å². The minimum absolute atomic E-state index is 0.0232. The third kappa shape index (κ3) is 3.99. The quantitative estimate of drug-likeness (QED) is 0.873. The van der Waals surface area contributed by atoms with Crippen molar-refractivity contribution in [2.75, 3.05) is 0 Å². The predicted octanol–water partition coefficient (Wildman–Crippen LogP) is 2.61.